The first-order chi connectivity index (χ1) is 13.9. The molecule has 0 aromatic heterocycles. The highest BCUT2D eigenvalue weighted by molar-refractivity contribution is 5.81. The van der Waals surface area contributed by atoms with Gasteiger partial charge in [0, 0.05) is 6.92 Å². The van der Waals surface area contributed by atoms with Crippen molar-refractivity contribution in [3.63, 3.8) is 0 Å². The number of hydrogen-bond acceptors (Lipinski definition) is 5. The number of ether oxygens (including phenoxy) is 2. The van der Waals surface area contributed by atoms with Crippen LogP contribution in [-0.4, -0.2) is 36.2 Å². The second kappa shape index (κ2) is 11.1. The predicted octanol–water partition coefficient (Wildman–Crippen LogP) is 4.53. The Kier molecular flexibility index (Phi) is 9.53. The lowest BCUT2D eigenvalue weighted by Gasteiger charge is -2.29. The summed E-state index contributed by atoms with van der Waals surface area (Å²) in [7, 11) is 0. The van der Waals surface area contributed by atoms with Crippen LogP contribution in [0.15, 0.2) is 24.3 Å². The molecule has 0 bridgehead atoms. The second-order valence-electron chi connectivity index (χ2n) is 8.99. The van der Waals surface area contributed by atoms with Crippen LogP contribution in [0.25, 0.3) is 0 Å². The topological polar surface area (TPSA) is 89.9 Å². The molecule has 0 fully saturated rings. The van der Waals surface area contributed by atoms with Gasteiger partial charge in [-0.3, -0.25) is 14.4 Å². The van der Waals surface area contributed by atoms with Crippen LogP contribution in [0.2, 0.25) is 0 Å². The lowest BCUT2D eigenvalue weighted by molar-refractivity contribution is -0.147. The van der Waals surface area contributed by atoms with E-state index < -0.39 is 11.4 Å². The molecule has 2 atom stereocenters. The minimum Gasteiger partial charge on any atom is -0.481 e. The Bertz CT molecular complexity index is 739. The van der Waals surface area contributed by atoms with Crippen LogP contribution in [0.1, 0.15) is 71.9 Å². The average Bonchev–Trinajstić information content (AvgIpc) is 2.66. The molecule has 168 valence electrons. The molecule has 2 unspecified atom stereocenters. The van der Waals surface area contributed by atoms with Gasteiger partial charge in [-0.2, -0.15) is 0 Å². The first kappa shape index (κ1) is 25.7. The Balaban J connectivity index is 2.89. The molecule has 0 aliphatic heterocycles. The first-order valence-electron chi connectivity index (χ1n) is 10.5. The summed E-state index contributed by atoms with van der Waals surface area (Å²) in [6, 6.07) is 7.46. The summed E-state index contributed by atoms with van der Waals surface area (Å²) in [5, 5.41) is 9.98. The molecule has 30 heavy (non-hydrogen) atoms. The van der Waals surface area contributed by atoms with Gasteiger partial charge in [0.25, 0.3) is 0 Å². The molecular weight excluding hydrogens is 384 g/mol. The van der Waals surface area contributed by atoms with Crippen molar-refractivity contribution in [2.75, 3.05) is 13.2 Å². The van der Waals surface area contributed by atoms with Gasteiger partial charge in [0.1, 0.15) is 0 Å². The van der Waals surface area contributed by atoms with Crippen LogP contribution >= 0.6 is 0 Å². The van der Waals surface area contributed by atoms with E-state index in [0.717, 1.165) is 17.5 Å². The highest BCUT2D eigenvalue weighted by Crippen LogP contribution is 2.34. The molecule has 6 nitrogen and oxygen atoms in total. The fraction of sp³-hybridized carbons (Fsp3) is 0.625. The number of rotatable bonds is 12. The second-order valence-corrected chi connectivity index (χ2v) is 8.99. The fourth-order valence-corrected chi connectivity index (χ4v) is 3.43. The fourth-order valence-electron chi connectivity index (χ4n) is 3.43. The summed E-state index contributed by atoms with van der Waals surface area (Å²) < 4.78 is 10.2. The van der Waals surface area contributed by atoms with E-state index in [1.54, 1.807) is 13.8 Å². The quantitative estimate of drug-likeness (QED) is 0.500. The molecule has 1 aromatic carbocycles. The van der Waals surface area contributed by atoms with Gasteiger partial charge in [-0.05, 0) is 49.7 Å². The maximum absolute atomic E-state index is 12.2. The van der Waals surface area contributed by atoms with Crippen LogP contribution in [0.3, 0.4) is 0 Å². The van der Waals surface area contributed by atoms with Gasteiger partial charge >= 0.3 is 17.9 Å². The van der Waals surface area contributed by atoms with Gasteiger partial charge in [-0.15, -0.1) is 0 Å². The van der Waals surface area contributed by atoms with Crippen LogP contribution in [0.4, 0.5) is 0 Å². The summed E-state index contributed by atoms with van der Waals surface area (Å²) >= 11 is 0. The van der Waals surface area contributed by atoms with Gasteiger partial charge in [-0.25, -0.2) is 0 Å². The van der Waals surface area contributed by atoms with E-state index >= 15 is 0 Å². The SMILES string of the molecule is CCOC(=O)C(C)Cc1cccc(C(C)(CCCC(C)(C)COC(C)=O)C(=O)O)c1. The predicted molar refractivity (Wildman–Crippen MR) is 115 cm³/mol. The minimum absolute atomic E-state index is 0.220. The van der Waals surface area contributed by atoms with E-state index in [0.29, 0.717) is 32.5 Å². The molecule has 1 N–H and O–H groups in total. The Morgan fingerprint density at radius 2 is 1.77 bits per heavy atom. The largest absolute Gasteiger partial charge is 0.481 e. The van der Waals surface area contributed by atoms with Gasteiger partial charge in [0.2, 0.25) is 0 Å². The Hall–Kier alpha value is -2.37. The lowest BCUT2D eigenvalue weighted by Crippen LogP contribution is -2.33. The van der Waals surface area contributed by atoms with Crippen molar-refractivity contribution in [2.24, 2.45) is 11.3 Å². The van der Waals surface area contributed by atoms with E-state index in [-0.39, 0.29) is 23.3 Å². The maximum atomic E-state index is 12.2. The number of aliphatic carboxylic acids is 1. The van der Waals surface area contributed by atoms with Crippen LogP contribution in [-0.2, 0) is 35.7 Å². The molecule has 0 spiro atoms. The number of carbonyl (C=O) groups is 3. The first-order valence-corrected chi connectivity index (χ1v) is 10.5. The van der Waals surface area contributed by atoms with Gasteiger partial charge < -0.3 is 14.6 Å². The molecule has 1 rings (SSSR count). The van der Waals surface area contributed by atoms with Gasteiger partial charge in [-0.1, -0.05) is 51.5 Å². The van der Waals surface area contributed by atoms with Crippen molar-refractivity contribution < 1.29 is 29.0 Å². The van der Waals surface area contributed by atoms with Crippen molar-refractivity contribution in [2.45, 2.75) is 72.6 Å². The number of carboxylic acid groups (broad SMARTS) is 1. The minimum atomic E-state index is -1.04. The number of esters is 2. The normalized spacial score (nSPS) is 14.5. The van der Waals surface area contributed by atoms with Crippen LogP contribution < -0.4 is 0 Å². The average molecular weight is 421 g/mol. The lowest BCUT2D eigenvalue weighted by atomic mass is 9.75. The maximum Gasteiger partial charge on any atom is 0.313 e. The van der Waals surface area contributed by atoms with Crippen molar-refractivity contribution in [1.82, 2.24) is 0 Å². The number of carboxylic acids is 1. The van der Waals surface area contributed by atoms with Crippen LogP contribution in [0.5, 0.6) is 0 Å². The third-order valence-corrected chi connectivity index (χ3v) is 5.46. The molecule has 0 saturated carbocycles. The van der Waals surface area contributed by atoms with Crippen molar-refractivity contribution in [3.8, 4) is 0 Å². The summed E-state index contributed by atoms with van der Waals surface area (Å²) in [4.78, 5) is 35.2. The molecule has 0 aliphatic carbocycles. The molecule has 6 heteroatoms. The molecule has 0 heterocycles. The van der Waals surface area contributed by atoms with Gasteiger partial charge in [0.15, 0.2) is 0 Å². The van der Waals surface area contributed by atoms with E-state index in [9.17, 15) is 19.5 Å². The standard InChI is InChI=1S/C24H36O6/c1-7-29-21(26)17(2)14-19-10-8-11-20(15-19)24(6,22(27)28)13-9-12-23(4,5)16-30-18(3)25/h8,10-11,15,17H,7,9,12-14,16H2,1-6H3,(H,27,28). The zero-order chi connectivity index (χ0) is 22.9. The van der Waals surface area contributed by atoms with E-state index in [2.05, 4.69) is 0 Å². The third kappa shape index (κ3) is 7.81. The highest BCUT2D eigenvalue weighted by atomic mass is 16.5. The summed E-state index contributed by atoms with van der Waals surface area (Å²) in [6.45, 7) is 11.4. The number of benzene rings is 1. The van der Waals surface area contributed by atoms with E-state index in [4.69, 9.17) is 9.47 Å². The number of hydrogen-bond donors (Lipinski definition) is 1. The van der Waals surface area contributed by atoms with E-state index in [1.807, 2.05) is 45.0 Å². The highest BCUT2D eigenvalue weighted by Gasteiger charge is 2.35. The summed E-state index contributed by atoms with van der Waals surface area (Å²) in [5.74, 6) is -1.74. The third-order valence-electron chi connectivity index (χ3n) is 5.46. The van der Waals surface area contributed by atoms with Gasteiger partial charge in [0.05, 0.1) is 24.5 Å². The molecule has 0 amide bonds. The molecule has 0 radical (unpaired) electrons. The summed E-state index contributed by atoms with van der Waals surface area (Å²) in [6.07, 6.45) is 2.38. The zero-order valence-corrected chi connectivity index (χ0v) is 19.1. The molecule has 0 aliphatic rings. The molecule has 0 saturated heterocycles. The molecule has 1 aromatic rings. The smallest absolute Gasteiger partial charge is 0.313 e. The zero-order valence-electron chi connectivity index (χ0n) is 19.1. The van der Waals surface area contributed by atoms with Crippen LogP contribution in [0, 0.1) is 11.3 Å². The Labute approximate surface area is 180 Å². The van der Waals surface area contributed by atoms with Crippen molar-refractivity contribution in [3.05, 3.63) is 35.4 Å². The monoisotopic (exact) mass is 420 g/mol. The Morgan fingerprint density at radius 1 is 1.10 bits per heavy atom. The van der Waals surface area contributed by atoms with Crippen molar-refractivity contribution >= 4 is 17.9 Å². The molecular formula is C24H36O6. The van der Waals surface area contributed by atoms with Crippen molar-refractivity contribution in [1.29, 1.82) is 0 Å². The number of carbonyl (C=O) groups excluding carboxylic acids is 2. The van der Waals surface area contributed by atoms with E-state index in [1.165, 1.54) is 6.92 Å². The summed E-state index contributed by atoms with van der Waals surface area (Å²) in [5.41, 5.74) is 0.375. The Morgan fingerprint density at radius 3 is 2.33 bits per heavy atom.